The number of anilines is 1. The zero-order chi connectivity index (χ0) is 27.1. The number of sulfonamides is 1. The third kappa shape index (κ3) is 5.64. The first-order valence-electron chi connectivity index (χ1n) is 13.4. The van der Waals surface area contributed by atoms with Crippen LogP contribution in [0.5, 0.6) is 0 Å². The quantitative estimate of drug-likeness (QED) is 0.316. The topological polar surface area (TPSA) is 53.5 Å². The van der Waals surface area contributed by atoms with Crippen LogP contribution < -0.4 is 4.90 Å². The van der Waals surface area contributed by atoms with Crippen molar-refractivity contribution in [2.24, 2.45) is 0 Å². The van der Waals surface area contributed by atoms with E-state index < -0.39 is 10.0 Å². The summed E-state index contributed by atoms with van der Waals surface area (Å²) in [6, 6.07) is 10.7. The van der Waals surface area contributed by atoms with Crippen molar-refractivity contribution in [3.05, 3.63) is 63.5 Å². The molecule has 0 spiro atoms. The van der Waals surface area contributed by atoms with Gasteiger partial charge >= 0.3 is 0 Å². The van der Waals surface area contributed by atoms with Crippen molar-refractivity contribution < 1.29 is 8.42 Å². The SMILES string of the molecule is Cc1ccc(-c2csc(N3CCN(S(=O)(=O)c4c(C(C)C)cc(C(C)C)cc4C(C)C)CC3)n2)cc1C. The van der Waals surface area contributed by atoms with Crippen LogP contribution in [0.15, 0.2) is 40.6 Å². The van der Waals surface area contributed by atoms with Crippen LogP contribution >= 0.6 is 11.3 Å². The van der Waals surface area contributed by atoms with Gasteiger partial charge in [-0.05, 0) is 65.5 Å². The lowest BCUT2D eigenvalue weighted by molar-refractivity contribution is 0.383. The Morgan fingerprint density at radius 2 is 1.41 bits per heavy atom. The Morgan fingerprint density at radius 1 is 0.811 bits per heavy atom. The smallest absolute Gasteiger partial charge is 0.243 e. The standard InChI is InChI=1S/C30H41N3O2S2/c1-19(2)25-16-26(20(3)4)29(27(17-25)21(5)6)37(34,35)33-13-11-32(12-14-33)30-31-28(18-36-30)24-10-9-22(7)23(8)15-24/h9-10,15-21H,11-14H2,1-8H3. The van der Waals surface area contributed by atoms with E-state index >= 15 is 0 Å². The van der Waals surface area contributed by atoms with Gasteiger partial charge in [-0.25, -0.2) is 13.4 Å². The summed E-state index contributed by atoms with van der Waals surface area (Å²) < 4.78 is 29.9. The number of aryl methyl sites for hydroxylation is 2. The molecule has 1 saturated heterocycles. The molecule has 0 amide bonds. The van der Waals surface area contributed by atoms with Gasteiger partial charge in [0.2, 0.25) is 10.0 Å². The summed E-state index contributed by atoms with van der Waals surface area (Å²) >= 11 is 1.63. The summed E-state index contributed by atoms with van der Waals surface area (Å²) in [7, 11) is -3.62. The fourth-order valence-electron chi connectivity index (χ4n) is 4.88. The second-order valence-electron chi connectivity index (χ2n) is 11.2. The zero-order valence-electron chi connectivity index (χ0n) is 23.5. The van der Waals surface area contributed by atoms with Crippen LogP contribution in [0.4, 0.5) is 5.13 Å². The first-order valence-corrected chi connectivity index (χ1v) is 15.7. The van der Waals surface area contributed by atoms with Gasteiger partial charge < -0.3 is 4.90 Å². The molecule has 1 fully saturated rings. The highest BCUT2D eigenvalue weighted by atomic mass is 32.2. The Labute approximate surface area is 227 Å². The van der Waals surface area contributed by atoms with E-state index in [1.807, 2.05) is 0 Å². The Bertz CT molecular complexity index is 1340. The lowest BCUT2D eigenvalue weighted by atomic mass is 9.89. The normalized spacial score (nSPS) is 15.4. The Morgan fingerprint density at radius 3 is 1.92 bits per heavy atom. The number of hydrogen-bond acceptors (Lipinski definition) is 5. The number of thiazole rings is 1. The van der Waals surface area contributed by atoms with Gasteiger partial charge in [0.1, 0.15) is 0 Å². The van der Waals surface area contributed by atoms with Gasteiger partial charge in [0.05, 0.1) is 10.6 Å². The predicted molar refractivity (Wildman–Crippen MR) is 157 cm³/mol. The number of piperazine rings is 1. The molecular formula is C30H41N3O2S2. The third-order valence-electron chi connectivity index (χ3n) is 7.48. The van der Waals surface area contributed by atoms with E-state index in [2.05, 4.69) is 96.0 Å². The van der Waals surface area contributed by atoms with E-state index in [0.717, 1.165) is 27.5 Å². The van der Waals surface area contributed by atoms with Gasteiger partial charge in [-0.15, -0.1) is 11.3 Å². The molecule has 0 aliphatic carbocycles. The fourth-order valence-corrected chi connectivity index (χ4v) is 7.85. The fraction of sp³-hybridized carbons (Fsp3) is 0.500. The van der Waals surface area contributed by atoms with Gasteiger partial charge in [-0.2, -0.15) is 4.31 Å². The van der Waals surface area contributed by atoms with Crippen LogP contribution in [-0.4, -0.2) is 43.9 Å². The highest BCUT2D eigenvalue weighted by molar-refractivity contribution is 7.89. The number of benzene rings is 2. The first-order chi connectivity index (χ1) is 17.4. The van der Waals surface area contributed by atoms with Gasteiger partial charge in [0.15, 0.2) is 5.13 Å². The molecule has 200 valence electrons. The molecular weight excluding hydrogens is 498 g/mol. The summed E-state index contributed by atoms with van der Waals surface area (Å²) in [5.74, 6) is 0.602. The molecule has 7 heteroatoms. The molecule has 0 radical (unpaired) electrons. The van der Waals surface area contributed by atoms with Crippen molar-refractivity contribution in [3.8, 4) is 11.3 Å². The van der Waals surface area contributed by atoms with Crippen LogP contribution in [0.3, 0.4) is 0 Å². The van der Waals surface area contributed by atoms with E-state index in [4.69, 9.17) is 4.98 Å². The minimum Gasteiger partial charge on any atom is -0.345 e. The van der Waals surface area contributed by atoms with E-state index in [0.29, 0.717) is 37.0 Å². The summed E-state index contributed by atoms with van der Waals surface area (Å²) in [6.45, 7) is 19.1. The number of hydrogen-bond donors (Lipinski definition) is 0. The lowest BCUT2D eigenvalue weighted by Crippen LogP contribution is -2.49. The molecule has 0 N–H and O–H groups in total. The molecule has 4 rings (SSSR count). The molecule has 1 aliphatic heterocycles. The molecule has 0 atom stereocenters. The van der Waals surface area contributed by atoms with Crippen molar-refractivity contribution >= 4 is 26.5 Å². The molecule has 3 aromatic rings. The first kappa shape index (κ1) is 27.8. The van der Waals surface area contributed by atoms with Gasteiger partial charge in [0, 0.05) is 37.1 Å². The minimum absolute atomic E-state index is 0.126. The number of nitrogens with zero attached hydrogens (tertiary/aromatic N) is 3. The molecule has 5 nitrogen and oxygen atoms in total. The summed E-state index contributed by atoms with van der Waals surface area (Å²) in [4.78, 5) is 7.64. The third-order valence-corrected chi connectivity index (χ3v) is 10.4. The van der Waals surface area contributed by atoms with Crippen LogP contribution in [0.1, 0.15) is 87.1 Å². The molecule has 1 aromatic heterocycles. The minimum atomic E-state index is -3.62. The maximum atomic E-state index is 14.1. The lowest BCUT2D eigenvalue weighted by Gasteiger charge is -2.35. The van der Waals surface area contributed by atoms with Crippen molar-refractivity contribution in [2.75, 3.05) is 31.1 Å². The van der Waals surface area contributed by atoms with Crippen LogP contribution in [0.2, 0.25) is 0 Å². The monoisotopic (exact) mass is 539 g/mol. The second-order valence-corrected chi connectivity index (χ2v) is 13.9. The Kier molecular flexibility index (Phi) is 8.17. The summed E-state index contributed by atoms with van der Waals surface area (Å²) in [6.07, 6.45) is 0. The second kappa shape index (κ2) is 10.9. The van der Waals surface area contributed by atoms with Crippen molar-refractivity contribution in [1.29, 1.82) is 0 Å². The molecule has 0 unspecified atom stereocenters. The Balaban J connectivity index is 1.58. The molecule has 0 bridgehead atoms. The van der Waals surface area contributed by atoms with Gasteiger partial charge in [-0.1, -0.05) is 65.8 Å². The highest BCUT2D eigenvalue weighted by Crippen LogP contribution is 2.37. The van der Waals surface area contributed by atoms with Crippen molar-refractivity contribution in [1.82, 2.24) is 9.29 Å². The van der Waals surface area contributed by atoms with E-state index in [9.17, 15) is 8.42 Å². The maximum absolute atomic E-state index is 14.1. The molecule has 1 aliphatic rings. The maximum Gasteiger partial charge on any atom is 0.243 e. The number of rotatable bonds is 7. The van der Waals surface area contributed by atoms with Crippen LogP contribution in [0.25, 0.3) is 11.3 Å². The molecule has 37 heavy (non-hydrogen) atoms. The summed E-state index contributed by atoms with van der Waals surface area (Å²) in [5.41, 5.74) is 7.72. The summed E-state index contributed by atoms with van der Waals surface area (Å²) in [5, 5.41) is 3.06. The average molecular weight is 540 g/mol. The average Bonchev–Trinajstić information content (AvgIpc) is 3.35. The number of aromatic nitrogens is 1. The largest absolute Gasteiger partial charge is 0.345 e. The molecule has 2 heterocycles. The van der Waals surface area contributed by atoms with Crippen molar-refractivity contribution in [3.63, 3.8) is 0 Å². The van der Waals surface area contributed by atoms with E-state index in [-0.39, 0.29) is 11.8 Å². The van der Waals surface area contributed by atoms with E-state index in [1.54, 1.807) is 15.6 Å². The highest BCUT2D eigenvalue weighted by Gasteiger charge is 2.34. The Hall–Kier alpha value is -2.22. The van der Waals surface area contributed by atoms with Gasteiger partial charge in [-0.3, -0.25) is 0 Å². The van der Waals surface area contributed by atoms with Crippen LogP contribution in [0, 0.1) is 13.8 Å². The van der Waals surface area contributed by atoms with Crippen LogP contribution in [-0.2, 0) is 10.0 Å². The van der Waals surface area contributed by atoms with Crippen molar-refractivity contribution in [2.45, 2.75) is 78.0 Å². The zero-order valence-corrected chi connectivity index (χ0v) is 25.1. The van der Waals surface area contributed by atoms with Gasteiger partial charge in [0.25, 0.3) is 0 Å². The molecule has 0 saturated carbocycles. The predicted octanol–water partition coefficient (Wildman–Crippen LogP) is 7.31. The molecule has 2 aromatic carbocycles. The van der Waals surface area contributed by atoms with E-state index in [1.165, 1.54) is 16.7 Å².